The number of ether oxygens (including phenoxy) is 1. The second-order valence-electron chi connectivity index (χ2n) is 7.47. The van der Waals surface area contributed by atoms with Gasteiger partial charge in [-0.3, -0.25) is 9.69 Å². The van der Waals surface area contributed by atoms with Crippen molar-refractivity contribution in [3.05, 3.63) is 53.8 Å². The van der Waals surface area contributed by atoms with Crippen molar-refractivity contribution in [1.82, 2.24) is 19.8 Å². The number of hydrogen-bond donors (Lipinski definition) is 1. The molecule has 1 unspecified atom stereocenters. The van der Waals surface area contributed by atoms with Crippen LogP contribution < -0.4 is 5.32 Å². The Morgan fingerprint density at radius 3 is 3.04 bits per heavy atom. The van der Waals surface area contributed by atoms with E-state index < -0.39 is 0 Å². The van der Waals surface area contributed by atoms with Crippen molar-refractivity contribution in [2.75, 3.05) is 26.3 Å². The molecule has 2 aromatic heterocycles. The number of nitrogens with one attached hydrogen (secondary N) is 1. The lowest BCUT2D eigenvalue weighted by Gasteiger charge is -2.25. The molecular formula is C21H24N4O3. The lowest BCUT2D eigenvalue weighted by atomic mass is 10.2. The smallest absolute Gasteiger partial charge is 0.271 e. The third-order valence-corrected chi connectivity index (χ3v) is 5.66. The van der Waals surface area contributed by atoms with Crippen LogP contribution in [0.3, 0.4) is 0 Å². The third kappa shape index (κ3) is 3.43. The van der Waals surface area contributed by atoms with E-state index in [2.05, 4.69) is 19.8 Å². The van der Waals surface area contributed by atoms with Gasteiger partial charge >= 0.3 is 0 Å². The van der Waals surface area contributed by atoms with Gasteiger partial charge in [-0.2, -0.15) is 0 Å². The minimum atomic E-state index is -0.165. The van der Waals surface area contributed by atoms with Crippen LogP contribution in [0.25, 0.3) is 11.0 Å². The first-order valence-corrected chi connectivity index (χ1v) is 9.90. The highest BCUT2D eigenvalue weighted by atomic mass is 16.5. The SMILES string of the molecule is O=C(NCc1cc2ccccc2o1)c1cn2c(n1)CCN(C1CCOC1)CC2. The number of carbonyl (C=O) groups excluding carboxylic acids is 1. The topological polar surface area (TPSA) is 72.5 Å². The third-order valence-electron chi connectivity index (χ3n) is 5.66. The zero-order valence-electron chi connectivity index (χ0n) is 15.8. The Morgan fingerprint density at radius 2 is 2.18 bits per heavy atom. The summed E-state index contributed by atoms with van der Waals surface area (Å²) in [6, 6.07) is 10.3. The first-order chi connectivity index (χ1) is 13.8. The largest absolute Gasteiger partial charge is 0.459 e. The van der Waals surface area contributed by atoms with E-state index in [4.69, 9.17) is 9.15 Å². The fourth-order valence-corrected chi connectivity index (χ4v) is 4.11. The molecule has 0 aliphatic carbocycles. The summed E-state index contributed by atoms with van der Waals surface area (Å²) in [6.07, 6.45) is 3.84. The molecule has 1 saturated heterocycles. The van der Waals surface area contributed by atoms with Gasteiger partial charge in [-0.05, 0) is 18.6 Å². The van der Waals surface area contributed by atoms with Crippen LogP contribution in [0, 0.1) is 0 Å². The molecule has 0 bridgehead atoms. The van der Waals surface area contributed by atoms with Crippen LogP contribution in [0.1, 0.15) is 28.5 Å². The number of furan rings is 1. The molecule has 28 heavy (non-hydrogen) atoms. The minimum absolute atomic E-state index is 0.165. The van der Waals surface area contributed by atoms with E-state index >= 15 is 0 Å². The van der Waals surface area contributed by atoms with Crippen molar-refractivity contribution in [1.29, 1.82) is 0 Å². The number of amides is 1. The summed E-state index contributed by atoms with van der Waals surface area (Å²) in [7, 11) is 0. The average molecular weight is 380 g/mol. The summed E-state index contributed by atoms with van der Waals surface area (Å²) in [5, 5.41) is 3.96. The first kappa shape index (κ1) is 17.5. The number of imidazole rings is 1. The summed E-state index contributed by atoms with van der Waals surface area (Å²) < 4.78 is 13.4. The van der Waals surface area contributed by atoms with E-state index in [9.17, 15) is 4.79 Å². The van der Waals surface area contributed by atoms with Crippen molar-refractivity contribution >= 4 is 16.9 Å². The standard InChI is InChI=1S/C21H24N4O3/c26-21(22-12-17-11-15-3-1-2-4-19(15)28-17)18-13-25-9-8-24(7-5-20(25)23-18)16-6-10-27-14-16/h1-4,11,13,16H,5-10,12,14H2,(H,22,26). The lowest BCUT2D eigenvalue weighted by Crippen LogP contribution is -2.37. The van der Waals surface area contributed by atoms with Crippen molar-refractivity contribution in [3.63, 3.8) is 0 Å². The molecule has 0 spiro atoms. The number of hydrogen-bond acceptors (Lipinski definition) is 5. The molecule has 146 valence electrons. The Hall–Kier alpha value is -2.64. The van der Waals surface area contributed by atoms with Gasteiger partial charge in [-0.1, -0.05) is 18.2 Å². The Morgan fingerprint density at radius 1 is 1.25 bits per heavy atom. The molecular weight excluding hydrogens is 356 g/mol. The molecule has 4 heterocycles. The van der Waals surface area contributed by atoms with E-state index in [1.807, 2.05) is 36.5 Å². The Bertz CT molecular complexity index is 928. The fraction of sp³-hybridized carbons (Fsp3) is 0.429. The molecule has 7 heteroatoms. The van der Waals surface area contributed by atoms with Gasteiger partial charge in [0.05, 0.1) is 13.2 Å². The molecule has 0 saturated carbocycles. The fourth-order valence-electron chi connectivity index (χ4n) is 4.11. The molecule has 1 atom stereocenters. The maximum Gasteiger partial charge on any atom is 0.271 e. The second kappa shape index (κ2) is 7.41. The predicted molar refractivity (Wildman–Crippen MR) is 104 cm³/mol. The summed E-state index contributed by atoms with van der Waals surface area (Å²) >= 11 is 0. The van der Waals surface area contributed by atoms with Gasteiger partial charge in [-0.25, -0.2) is 4.98 Å². The van der Waals surface area contributed by atoms with Gasteiger partial charge in [0.15, 0.2) is 0 Å². The highest BCUT2D eigenvalue weighted by Crippen LogP contribution is 2.19. The molecule has 1 N–H and O–H groups in total. The number of carbonyl (C=O) groups is 1. The molecule has 1 fully saturated rings. The normalized spacial score (nSPS) is 20.2. The zero-order valence-corrected chi connectivity index (χ0v) is 15.8. The summed E-state index contributed by atoms with van der Waals surface area (Å²) in [4.78, 5) is 19.6. The Labute approximate surface area is 163 Å². The Kier molecular flexibility index (Phi) is 4.62. The highest BCUT2D eigenvalue weighted by Gasteiger charge is 2.26. The van der Waals surface area contributed by atoms with Gasteiger partial charge in [-0.15, -0.1) is 0 Å². The number of rotatable bonds is 4. The number of aromatic nitrogens is 2. The molecule has 3 aromatic rings. The van der Waals surface area contributed by atoms with Crippen molar-refractivity contribution in [2.24, 2.45) is 0 Å². The molecule has 0 radical (unpaired) electrons. The number of fused-ring (bicyclic) bond motifs is 2. The van der Waals surface area contributed by atoms with Crippen molar-refractivity contribution < 1.29 is 13.9 Å². The van der Waals surface area contributed by atoms with Crippen molar-refractivity contribution in [3.8, 4) is 0 Å². The minimum Gasteiger partial charge on any atom is -0.459 e. The zero-order chi connectivity index (χ0) is 18.9. The summed E-state index contributed by atoms with van der Waals surface area (Å²) in [5.41, 5.74) is 1.31. The van der Waals surface area contributed by atoms with Crippen LogP contribution in [0.5, 0.6) is 0 Å². The highest BCUT2D eigenvalue weighted by molar-refractivity contribution is 5.92. The molecule has 1 amide bonds. The van der Waals surface area contributed by atoms with E-state index in [1.165, 1.54) is 0 Å². The molecule has 1 aromatic carbocycles. The lowest BCUT2D eigenvalue weighted by molar-refractivity contribution is 0.0943. The van der Waals surface area contributed by atoms with Crippen LogP contribution >= 0.6 is 0 Å². The van der Waals surface area contributed by atoms with Gasteiger partial charge in [0.25, 0.3) is 5.91 Å². The summed E-state index contributed by atoms with van der Waals surface area (Å²) in [5.74, 6) is 1.56. The van der Waals surface area contributed by atoms with Crippen LogP contribution in [-0.2, 0) is 24.2 Å². The quantitative estimate of drug-likeness (QED) is 0.751. The second-order valence-corrected chi connectivity index (χ2v) is 7.47. The van der Waals surface area contributed by atoms with Gasteiger partial charge < -0.3 is 19.0 Å². The maximum atomic E-state index is 12.6. The van der Waals surface area contributed by atoms with Crippen LogP contribution in [0.4, 0.5) is 0 Å². The molecule has 5 rings (SSSR count). The van der Waals surface area contributed by atoms with Gasteiger partial charge in [0.2, 0.25) is 0 Å². The summed E-state index contributed by atoms with van der Waals surface area (Å²) in [6.45, 7) is 4.84. The Balaban J connectivity index is 1.21. The number of benzene rings is 1. The van der Waals surface area contributed by atoms with Crippen LogP contribution in [-0.4, -0.2) is 52.7 Å². The molecule has 7 nitrogen and oxygen atoms in total. The van der Waals surface area contributed by atoms with Crippen molar-refractivity contribution in [2.45, 2.75) is 32.0 Å². The van der Waals surface area contributed by atoms with Crippen LogP contribution in [0.2, 0.25) is 0 Å². The average Bonchev–Trinajstić information content (AvgIpc) is 3.44. The first-order valence-electron chi connectivity index (χ1n) is 9.90. The molecule has 2 aliphatic rings. The monoisotopic (exact) mass is 380 g/mol. The van der Waals surface area contributed by atoms with E-state index in [-0.39, 0.29) is 5.91 Å². The maximum absolute atomic E-state index is 12.6. The van der Waals surface area contributed by atoms with E-state index in [0.717, 1.165) is 68.2 Å². The molecule has 2 aliphatic heterocycles. The van der Waals surface area contributed by atoms with E-state index in [1.54, 1.807) is 0 Å². The predicted octanol–water partition coefficient (Wildman–Crippen LogP) is 2.21. The number of para-hydroxylation sites is 1. The number of nitrogens with zero attached hydrogens (tertiary/aromatic N) is 3. The van der Waals surface area contributed by atoms with E-state index in [0.29, 0.717) is 18.3 Å². The van der Waals surface area contributed by atoms with Gasteiger partial charge in [0.1, 0.15) is 22.9 Å². The van der Waals surface area contributed by atoms with Gasteiger partial charge in [0, 0.05) is 50.3 Å². The van der Waals surface area contributed by atoms with Crippen LogP contribution in [0.15, 0.2) is 40.9 Å².